The van der Waals surface area contributed by atoms with Gasteiger partial charge in [0.2, 0.25) is 0 Å². The van der Waals surface area contributed by atoms with Crippen LogP contribution in [0.5, 0.6) is 0 Å². The zero-order valence-electron chi connectivity index (χ0n) is 11.1. The molecule has 1 aromatic rings. The number of hydrogen-bond acceptors (Lipinski definition) is 5. The van der Waals surface area contributed by atoms with Crippen LogP contribution in [0.15, 0.2) is 11.2 Å². The minimum atomic E-state index is -3.44. The number of nitrogens with zero attached hydrogens (tertiary/aromatic N) is 2. The van der Waals surface area contributed by atoms with Crippen LogP contribution >= 0.6 is 0 Å². The Hall–Kier alpha value is -0.960. The molecular weight excluding hydrogens is 266 g/mol. The third kappa shape index (κ3) is 4.27. The van der Waals surface area contributed by atoms with Crippen molar-refractivity contribution in [3.05, 3.63) is 12.0 Å². The minimum Gasteiger partial charge on any atom is -0.332 e. The second-order valence-electron chi connectivity index (χ2n) is 4.68. The fourth-order valence-corrected chi connectivity index (χ4v) is 3.10. The predicted molar refractivity (Wildman–Crippen MR) is 72.4 cm³/mol. The zero-order chi connectivity index (χ0) is 13.7. The topological polar surface area (TPSA) is 90.1 Å². The Bertz CT molecular complexity index is 493. The van der Waals surface area contributed by atoms with Crippen molar-refractivity contribution in [2.24, 2.45) is 0 Å². The Kier molecular flexibility index (Phi) is 4.92. The number of hydrogen-bond donors (Lipinski definition) is 3. The number of nitrogens with one attached hydrogen (secondary N) is 3. The third-order valence-electron chi connectivity index (χ3n) is 3.12. The van der Waals surface area contributed by atoms with Crippen molar-refractivity contribution in [1.82, 2.24) is 24.9 Å². The van der Waals surface area contributed by atoms with Crippen LogP contribution in [-0.4, -0.2) is 62.6 Å². The largest absolute Gasteiger partial charge is 0.332 e. The highest BCUT2D eigenvalue weighted by atomic mass is 32.2. The normalized spacial score (nSPS) is 17.7. The van der Waals surface area contributed by atoms with Crippen molar-refractivity contribution >= 4 is 10.0 Å². The summed E-state index contributed by atoms with van der Waals surface area (Å²) in [4.78, 5) is 8.96. The van der Waals surface area contributed by atoms with E-state index in [1.54, 1.807) is 6.92 Å². The Morgan fingerprint density at radius 3 is 2.79 bits per heavy atom. The molecule has 3 N–H and O–H groups in total. The lowest BCUT2D eigenvalue weighted by molar-refractivity contribution is 0.239. The van der Waals surface area contributed by atoms with E-state index in [0.29, 0.717) is 12.4 Å². The standard InChI is InChI=1S/C11H21N5O2S/c1-10-13-9-11(15-10)19(17,18)14-3-2-6-16-7-4-12-5-8-16/h9,12,14H,2-8H2,1H3,(H,13,15). The first-order valence-corrected chi connectivity index (χ1v) is 8.00. The Labute approximate surface area is 113 Å². The highest BCUT2D eigenvalue weighted by molar-refractivity contribution is 7.89. The van der Waals surface area contributed by atoms with Crippen LogP contribution in [0, 0.1) is 6.92 Å². The van der Waals surface area contributed by atoms with Gasteiger partial charge in [0.05, 0.1) is 6.20 Å². The fraction of sp³-hybridized carbons (Fsp3) is 0.727. The Balaban J connectivity index is 1.72. The van der Waals surface area contributed by atoms with Gasteiger partial charge in [-0.2, -0.15) is 0 Å². The van der Waals surface area contributed by atoms with E-state index in [0.717, 1.165) is 39.1 Å². The molecule has 7 nitrogen and oxygen atoms in total. The number of sulfonamides is 1. The molecule has 0 atom stereocenters. The van der Waals surface area contributed by atoms with Crippen molar-refractivity contribution in [3.63, 3.8) is 0 Å². The first-order chi connectivity index (χ1) is 9.08. The highest BCUT2D eigenvalue weighted by Crippen LogP contribution is 2.04. The van der Waals surface area contributed by atoms with E-state index in [1.807, 2.05) is 0 Å². The second-order valence-corrected chi connectivity index (χ2v) is 6.41. The lowest BCUT2D eigenvalue weighted by atomic mass is 10.3. The second kappa shape index (κ2) is 6.47. The SMILES string of the molecule is Cc1ncc(S(=O)(=O)NCCCN2CCNCC2)[nH]1. The molecule has 1 aliphatic rings. The third-order valence-corrected chi connectivity index (χ3v) is 4.49. The quantitative estimate of drug-likeness (QED) is 0.602. The van der Waals surface area contributed by atoms with Gasteiger partial charge in [-0.3, -0.25) is 0 Å². The van der Waals surface area contributed by atoms with Crippen LogP contribution in [0.1, 0.15) is 12.2 Å². The summed E-state index contributed by atoms with van der Waals surface area (Å²) in [6, 6.07) is 0. The van der Waals surface area contributed by atoms with Crippen LogP contribution in [0.2, 0.25) is 0 Å². The summed E-state index contributed by atoms with van der Waals surface area (Å²) in [7, 11) is -3.44. The minimum absolute atomic E-state index is 0.132. The first kappa shape index (κ1) is 14.4. The molecule has 0 aromatic carbocycles. The number of piperazine rings is 1. The summed E-state index contributed by atoms with van der Waals surface area (Å²) >= 11 is 0. The predicted octanol–water partition coefficient (Wildman–Crippen LogP) is -0.708. The summed E-state index contributed by atoms with van der Waals surface area (Å²) in [6.45, 7) is 7.19. The van der Waals surface area contributed by atoms with Gasteiger partial charge < -0.3 is 15.2 Å². The van der Waals surface area contributed by atoms with Gasteiger partial charge in [-0.25, -0.2) is 18.1 Å². The van der Waals surface area contributed by atoms with Crippen LogP contribution in [-0.2, 0) is 10.0 Å². The van der Waals surface area contributed by atoms with Gasteiger partial charge >= 0.3 is 0 Å². The molecule has 0 bridgehead atoms. The van der Waals surface area contributed by atoms with E-state index >= 15 is 0 Å². The monoisotopic (exact) mass is 287 g/mol. The number of aromatic nitrogens is 2. The molecule has 1 fully saturated rings. The Morgan fingerprint density at radius 1 is 1.42 bits per heavy atom. The molecule has 1 aliphatic heterocycles. The van der Waals surface area contributed by atoms with Crippen LogP contribution in [0.25, 0.3) is 0 Å². The molecule has 2 heterocycles. The van der Waals surface area contributed by atoms with Crippen molar-refractivity contribution in [3.8, 4) is 0 Å². The van der Waals surface area contributed by atoms with E-state index in [1.165, 1.54) is 6.20 Å². The average molecular weight is 287 g/mol. The van der Waals surface area contributed by atoms with Gasteiger partial charge in [-0.1, -0.05) is 0 Å². The van der Waals surface area contributed by atoms with Crippen molar-refractivity contribution < 1.29 is 8.42 Å². The molecule has 0 unspecified atom stereocenters. The number of aromatic amines is 1. The van der Waals surface area contributed by atoms with E-state index in [4.69, 9.17) is 0 Å². The van der Waals surface area contributed by atoms with Crippen LogP contribution in [0.3, 0.4) is 0 Å². The number of rotatable bonds is 6. The molecule has 1 saturated heterocycles. The van der Waals surface area contributed by atoms with Crippen molar-refractivity contribution in [2.75, 3.05) is 39.3 Å². The summed E-state index contributed by atoms with van der Waals surface area (Å²) in [5.41, 5.74) is 0. The maximum atomic E-state index is 11.9. The molecule has 2 rings (SSSR count). The molecule has 0 amide bonds. The number of H-pyrrole nitrogens is 1. The molecule has 108 valence electrons. The average Bonchev–Trinajstić information content (AvgIpc) is 2.84. The first-order valence-electron chi connectivity index (χ1n) is 6.52. The number of aryl methyl sites for hydroxylation is 1. The van der Waals surface area contributed by atoms with Crippen molar-refractivity contribution in [2.45, 2.75) is 18.4 Å². The molecule has 1 aromatic heterocycles. The van der Waals surface area contributed by atoms with Gasteiger partial charge in [0.1, 0.15) is 5.82 Å². The zero-order valence-corrected chi connectivity index (χ0v) is 12.0. The summed E-state index contributed by atoms with van der Waals surface area (Å²) in [6.07, 6.45) is 2.15. The molecule has 0 radical (unpaired) electrons. The van der Waals surface area contributed by atoms with Gasteiger partial charge in [0.25, 0.3) is 10.0 Å². The highest BCUT2D eigenvalue weighted by Gasteiger charge is 2.16. The smallest absolute Gasteiger partial charge is 0.257 e. The van der Waals surface area contributed by atoms with Crippen LogP contribution in [0.4, 0.5) is 0 Å². The van der Waals surface area contributed by atoms with Gasteiger partial charge in [-0.05, 0) is 19.9 Å². The summed E-state index contributed by atoms with van der Waals surface area (Å²) < 4.78 is 26.4. The van der Waals surface area contributed by atoms with Gasteiger partial charge in [0, 0.05) is 32.7 Å². The molecule has 19 heavy (non-hydrogen) atoms. The summed E-state index contributed by atoms with van der Waals surface area (Å²) in [5, 5.41) is 3.42. The lowest BCUT2D eigenvalue weighted by Crippen LogP contribution is -2.44. The molecule has 0 saturated carbocycles. The molecule has 8 heteroatoms. The Morgan fingerprint density at radius 2 is 2.16 bits per heavy atom. The van der Waals surface area contributed by atoms with Crippen molar-refractivity contribution in [1.29, 1.82) is 0 Å². The van der Waals surface area contributed by atoms with Crippen LogP contribution < -0.4 is 10.0 Å². The lowest BCUT2D eigenvalue weighted by Gasteiger charge is -2.26. The van der Waals surface area contributed by atoms with E-state index in [2.05, 4.69) is 24.9 Å². The maximum absolute atomic E-state index is 11.9. The van der Waals surface area contributed by atoms with E-state index in [-0.39, 0.29) is 5.03 Å². The maximum Gasteiger partial charge on any atom is 0.257 e. The van der Waals surface area contributed by atoms with Gasteiger partial charge in [0.15, 0.2) is 5.03 Å². The molecular formula is C11H21N5O2S. The van der Waals surface area contributed by atoms with E-state index < -0.39 is 10.0 Å². The fourth-order valence-electron chi connectivity index (χ4n) is 2.06. The molecule has 0 aliphatic carbocycles. The molecule has 0 spiro atoms. The summed E-state index contributed by atoms with van der Waals surface area (Å²) in [5.74, 6) is 0.598. The van der Waals surface area contributed by atoms with Gasteiger partial charge in [-0.15, -0.1) is 0 Å². The van der Waals surface area contributed by atoms with E-state index in [9.17, 15) is 8.42 Å². The number of imidazole rings is 1.